The minimum Gasteiger partial charge on any atom is -0.457 e. The maximum absolute atomic E-state index is 12.3. The number of nitrogens with one attached hydrogen (secondary N) is 2. The minimum atomic E-state index is -0.481. The van der Waals surface area contributed by atoms with Crippen molar-refractivity contribution in [2.75, 3.05) is 25.1 Å². The second kappa shape index (κ2) is 7.84. The summed E-state index contributed by atoms with van der Waals surface area (Å²) in [6.45, 7) is 2.83. The van der Waals surface area contributed by atoms with E-state index in [4.69, 9.17) is 15.5 Å². The Morgan fingerprint density at radius 2 is 1.80 bits per heavy atom. The Morgan fingerprint density at radius 1 is 1.03 bits per heavy atom. The molecule has 2 aliphatic heterocycles. The molecule has 0 bridgehead atoms. The first-order valence-electron chi connectivity index (χ1n) is 10.4. The van der Waals surface area contributed by atoms with E-state index < -0.39 is 5.91 Å². The van der Waals surface area contributed by atoms with Gasteiger partial charge in [0.2, 0.25) is 0 Å². The van der Waals surface area contributed by atoms with Gasteiger partial charge in [-0.2, -0.15) is 0 Å². The quantitative estimate of drug-likeness (QED) is 0.609. The summed E-state index contributed by atoms with van der Waals surface area (Å²) in [5.41, 5.74) is 11.0. The number of hydrogen-bond donors (Lipinski definition) is 3. The molecular weight excluding hydrogens is 378 g/mol. The number of carbonyl (C=O) groups excluding carboxylic acids is 1. The van der Waals surface area contributed by atoms with Crippen molar-refractivity contribution < 1.29 is 9.53 Å². The molecule has 3 heterocycles. The summed E-state index contributed by atoms with van der Waals surface area (Å²) in [6.07, 6.45) is 2.13. The average Bonchev–Trinajstić information content (AvgIpc) is 3.43. The van der Waals surface area contributed by atoms with Crippen molar-refractivity contribution in [1.29, 1.82) is 0 Å². The zero-order chi connectivity index (χ0) is 20.5. The molecule has 1 amide bonds. The third-order valence-electron chi connectivity index (χ3n) is 5.97. The predicted octanol–water partition coefficient (Wildman–Crippen LogP) is 3.08. The number of para-hydroxylation sites is 1. The maximum Gasteiger partial charge on any atom is 0.269 e. The van der Waals surface area contributed by atoms with Crippen LogP contribution in [-0.4, -0.2) is 35.2 Å². The van der Waals surface area contributed by atoms with Gasteiger partial charge in [-0.05, 0) is 68.2 Å². The van der Waals surface area contributed by atoms with Gasteiger partial charge in [-0.15, -0.1) is 0 Å². The SMILES string of the molecule is NC(=O)c1c(-c2ccc(Oc3ccccc3)cc2)nc2n1NCCC2C1CCNC1. The molecule has 2 atom stereocenters. The molecule has 2 aromatic carbocycles. The van der Waals surface area contributed by atoms with Crippen molar-refractivity contribution in [3.63, 3.8) is 0 Å². The number of benzene rings is 2. The van der Waals surface area contributed by atoms with Gasteiger partial charge in [0.05, 0.1) is 0 Å². The molecule has 2 aliphatic rings. The van der Waals surface area contributed by atoms with Crippen LogP contribution in [0.3, 0.4) is 0 Å². The fourth-order valence-electron chi connectivity index (χ4n) is 4.51. The summed E-state index contributed by atoms with van der Waals surface area (Å²) in [5.74, 6) is 2.77. The van der Waals surface area contributed by atoms with Crippen molar-refractivity contribution in [2.45, 2.75) is 18.8 Å². The number of imidazole rings is 1. The first-order chi connectivity index (χ1) is 14.7. The number of nitrogens with zero attached hydrogens (tertiary/aromatic N) is 2. The molecule has 5 rings (SSSR count). The Bertz CT molecular complexity index is 1040. The van der Waals surface area contributed by atoms with Gasteiger partial charge in [0, 0.05) is 18.0 Å². The van der Waals surface area contributed by atoms with Crippen LogP contribution in [0.4, 0.5) is 0 Å². The summed E-state index contributed by atoms with van der Waals surface area (Å²) in [4.78, 5) is 17.3. The molecule has 4 N–H and O–H groups in total. The van der Waals surface area contributed by atoms with E-state index in [1.165, 1.54) is 0 Å². The summed E-state index contributed by atoms with van der Waals surface area (Å²) >= 11 is 0. The van der Waals surface area contributed by atoms with E-state index in [1.54, 1.807) is 0 Å². The molecule has 1 fully saturated rings. The second-order valence-electron chi connectivity index (χ2n) is 7.86. The smallest absolute Gasteiger partial charge is 0.269 e. The average molecular weight is 403 g/mol. The molecular formula is C23H25N5O2. The summed E-state index contributed by atoms with van der Waals surface area (Å²) in [7, 11) is 0. The summed E-state index contributed by atoms with van der Waals surface area (Å²) in [6, 6.07) is 17.2. The van der Waals surface area contributed by atoms with Crippen LogP contribution < -0.4 is 21.2 Å². The Balaban J connectivity index is 1.49. The van der Waals surface area contributed by atoms with E-state index in [1.807, 2.05) is 59.3 Å². The molecule has 0 spiro atoms. The molecule has 154 valence electrons. The van der Waals surface area contributed by atoms with Crippen molar-refractivity contribution in [2.24, 2.45) is 11.7 Å². The molecule has 0 aliphatic carbocycles. The van der Waals surface area contributed by atoms with Crippen molar-refractivity contribution in [3.8, 4) is 22.8 Å². The highest BCUT2D eigenvalue weighted by molar-refractivity contribution is 5.97. The Kier molecular flexibility index (Phi) is 4.88. The number of primary amides is 1. The van der Waals surface area contributed by atoms with Crippen molar-refractivity contribution >= 4 is 5.91 Å². The van der Waals surface area contributed by atoms with E-state index in [0.29, 0.717) is 23.2 Å². The van der Waals surface area contributed by atoms with Crippen LogP contribution in [0.25, 0.3) is 11.3 Å². The third kappa shape index (κ3) is 3.41. The number of hydrogen-bond acceptors (Lipinski definition) is 5. The summed E-state index contributed by atoms with van der Waals surface area (Å²) < 4.78 is 7.69. The lowest BCUT2D eigenvalue weighted by atomic mass is 9.87. The lowest BCUT2D eigenvalue weighted by Gasteiger charge is -2.29. The third-order valence-corrected chi connectivity index (χ3v) is 5.97. The van der Waals surface area contributed by atoms with Crippen LogP contribution in [0.1, 0.15) is 35.1 Å². The lowest BCUT2D eigenvalue weighted by Crippen LogP contribution is -2.34. The normalized spacial score (nSPS) is 20.4. The van der Waals surface area contributed by atoms with E-state index in [9.17, 15) is 4.79 Å². The standard InChI is InChI=1S/C23H25N5O2/c24-22(29)21-20(15-6-8-18(9-7-15)30-17-4-2-1-3-5-17)27-23-19(11-13-26-28(21)23)16-10-12-25-14-16/h1-9,16,19,25-26H,10-14H2,(H2,24,29). The second-order valence-corrected chi connectivity index (χ2v) is 7.86. The van der Waals surface area contributed by atoms with Crippen molar-refractivity contribution in [1.82, 2.24) is 15.0 Å². The highest BCUT2D eigenvalue weighted by atomic mass is 16.5. The Labute approximate surface area is 175 Å². The van der Waals surface area contributed by atoms with Gasteiger partial charge in [-0.1, -0.05) is 18.2 Å². The molecule has 30 heavy (non-hydrogen) atoms. The van der Waals surface area contributed by atoms with Gasteiger partial charge in [0.15, 0.2) is 5.69 Å². The first-order valence-corrected chi connectivity index (χ1v) is 10.4. The zero-order valence-corrected chi connectivity index (χ0v) is 16.7. The van der Waals surface area contributed by atoms with Gasteiger partial charge >= 0.3 is 0 Å². The van der Waals surface area contributed by atoms with Crippen LogP contribution in [-0.2, 0) is 0 Å². The summed E-state index contributed by atoms with van der Waals surface area (Å²) in [5, 5.41) is 3.44. The van der Waals surface area contributed by atoms with Gasteiger partial charge in [0.1, 0.15) is 23.0 Å². The fourth-order valence-corrected chi connectivity index (χ4v) is 4.51. The minimum absolute atomic E-state index is 0.314. The largest absolute Gasteiger partial charge is 0.457 e. The number of aromatic nitrogens is 2. The maximum atomic E-state index is 12.3. The number of nitrogens with two attached hydrogens (primary N) is 1. The first kappa shape index (κ1) is 18.7. The Morgan fingerprint density at radius 3 is 2.50 bits per heavy atom. The Hall–Kier alpha value is -3.32. The molecule has 7 heteroatoms. The van der Waals surface area contributed by atoms with Crippen LogP contribution in [0.5, 0.6) is 11.5 Å². The topological polar surface area (TPSA) is 94.2 Å². The molecule has 3 aromatic rings. The zero-order valence-electron chi connectivity index (χ0n) is 16.7. The van der Waals surface area contributed by atoms with Crippen LogP contribution >= 0.6 is 0 Å². The van der Waals surface area contributed by atoms with E-state index in [0.717, 1.165) is 55.4 Å². The molecule has 7 nitrogen and oxygen atoms in total. The van der Waals surface area contributed by atoms with Gasteiger partial charge in [-0.3, -0.25) is 4.79 Å². The number of ether oxygens (including phenoxy) is 1. The molecule has 1 saturated heterocycles. The number of amides is 1. The number of fused-ring (bicyclic) bond motifs is 1. The number of rotatable bonds is 5. The lowest BCUT2D eigenvalue weighted by molar-refractivity contribution is 0.0992. The van der Waals surface area contributed by atoms with Gasteiger partial charge in [0.25, 0.3) is 5.91 Å². The van der Waals surface area contributed by atoms with E-state index in [2.05, 4.69) is 10.7 Å². The van der Waals surface area contributed by atoms with E-state index in [-0.39, 0.29) is 0 Å². The molecule has 2 unspecified atom stereocenters. The van der Waals surface area contributed by atoms with Gasteiger partial charge < -0.3 is 21.2 Å². The highest BCUT2D eigenvalue weighted by Gasteiger charge is 2.35. The number of carbonyl (C=O) groups is 1. The van der Waals surface area contributed by atoms with Gasteiger partial charge in [-0.25, -0.2) is 9.66 Å². The van der Waals surface area contributed by atoms with Crippen molar-refractivity contribution in [3.05, 3.63) is 66.1 Å². The molecule has 0 radical (unpaired) electrons. The van der Waals surface area contributed by atoms with Crippen LogP contribution in [0.2, 0.25) is 0 Å². The fraction of sp³-hybridized carbons (Fsp3) is 0.304. The molecule has 1 aromatic heterocycles. The predicted molar refractivity (Wildman–Crippen MR) is 115 cm³/mol. The monoisotopic (exact) mass is 403 g/mol. The molecule has 0 saturated carbocycles. The highest BCUT2D eigenvalue weighted by Crippen LogP contribution is 2.37. The van der Waals surface area contributed by atoms with Crippen LogP contribution in [0, 0.1) is 5.92 Å². The van der Waals surface area contributed by atoms with Crippen LogP contribution in [0.15, 0.2) is 54.6 Å². The van der Waals surface area contributed by atoms with E-state index >= 15 is 0 Å².